The number of aliphatic imine (C=N–C) groups is 1. The molecule has 0 aromatic rings. The average Bonchev–Trinajstić information content (AvgIpc) is 2.04. The van der Waals surface area contributed by atoms with Crippen LogP contribution in [0.25, 0.3) is 0 Å². The topological polar surface area (TPSA) is 70.6 Å². The summed E-state index contributed by atoms with van der Waals surface area (Å²) in [6.07, 6.45) is 3.99. The molecule has 0 saturated carbocycles. The van der Waals surface area contributed by atoms with E-state index in [0.717, 1.165) is 0 Å². The molecule has 5 heteroatoms. The molecule has 1 fully saturated rings. The fourth-order valence-electron chi connectivity index (χ4n) is 1.23. The molecule has 1 saturated heterocycles. The van der Waals surface area contributed by atoms with Gasteiger partial charge in [0.15, 0.2) is 0 Å². The van der Waals surface area contributed by atoms with Crippen molar-refractivity contribution in [3.05, 3.63) is 12.3 Å². The number of rotatable bonds is 0. The smallest absolute Gasteiger partial charge is 0.295 e. The van der Waals surface area contributed by atoms with Crippen LogP contribution in [-0.4, -0.2) is 17.8 Å². The first-order valence-electron chi connectivity index (χ1n) is 3.62. The van der Waals surface area contributed by atoms with Crippen LogP contribution in [0.2, 0.25) is 0 Å². The third-order valence-electron chi connectivity index (χ3n) is 1.82. The summed E-state index contributed by atoms with van der Waals surface area (Å²) in [7, 11) is 0. The third-order valence-corrected chi connectivity index (χ3v) is 1.82. The van der Waals surface area contributed by atoms with Crippen LogP contribution < -0.4 is 10.6 Å². The minimum absolute atomic E-state index is 0.276. The molecule has 62 valence electrons. The first-order chi connectivity index (χ1) is 5.77. The first-order valence-corrected chi connectivity index (χ1v) is 3.62. The summed E-state index contributed by atoms with van der Waals surface area (Å²) in [5, 5.41) is 4.65. The van der Waals surface area contributed by atoms with E-state index in [1.165, 1.54) is 0 Å². The van der Waals surface area contributed by atoms with Crippen molar-refractivity contribution in [2.24, 2.45) is 10.9 Å². The lowest BCUT2D eigenvalue weighted by atomic mass is 10.00. The summed E-state index contributed by atoms with van der Waals surface area (Å²) in [6, 6.07) is -0.495. The highest BCUT2D eigenvalue weighted by molar-refractivity contribution is 6.18. The molecule has 0 bridgehead atoms. The molecule has 1 atom stereocenters. The Balaban J connectivity index is 2.30. The lowest BCUT2D eigenvalue weighted by Crippen LogP contribution is -2.55. The van der Waals surface area contributed by atoms with Crippen molar-refractivity contribution in [1.29, 1.82) is 0 Å². The molecule has 1 unspecified atom stereocenters. The zero-order chi connectivity index (χ0) is 8.55. The highest BCUT2D eigenvalue weighted by Gasteiger charge is 2.31. The summed E-state index contributed by atoms with van der Waals surface area (Å²) in [4.78, 5) is 25.8. The van der Waals surface area contributed by atoms with E-state index in [4.69, 9.17) is 0 Å². The molecule has 2 aliphatic rings. The number of hydrogen-bond acceptors (Lipinski definition) is 3. The number of nitrogens with zero attached hydrogens (tertiary/aromatic N) is 1. The maximum Gasteiger partial charge on any atom is 0.326 e. The maximum absolute atomic E-state index is 11.2. The van der Waals surface area contributed by atoms with Crippen LogP contribution in [0.3, 0.4) is 0 Å². The predicted octanol–water partition coefficient (Wildman–Crippen LogP) is -0.242. The molecule has 0 aromatic heterocycles. The van der Waals surface area contributed by atoms with Crippen LogP contribution in [0.1, 0.15) is 6.42 Å². The summed E-state index contributed by atoms with van der Waals surface area (Å²) in [5.41, 5.74) is 0. The van der Waals surface area contributed by atoms with Crippen molar-refractivity contribution in [2.75, 3.05) is 0 Å². The van der Waals surface area contributed by atoms with Crippen LogP contribution in [0, 0.1) is 5.92 Å². The van der Waals surface area contributed by atoms with Crippen molar-refractivity contribution < 1.29 is 9.59 Å². The molecule has 0 aromatic carbocycles. The number of urea groups is 1. The van der Waals surface area contributed by atoms with Gasteiger partial charge in [0.05, 0.1) is 5.92 Å². The Morgan fingerprint density at radius 2 is 2.25 bits per heavy atom. The van der Waals surface area contributed by atoms with Gasteiger partial charge >= 0.3 is 6.03 Å². The summed E-state index contributed by atoms with van der Waals surface area (Å²) in [5.74, 6) is -0.138. The number of carbonyl (C=O) groups excluding carboxylic acids is 2. The molecule has 3 amide bonds. The van der Waals surface area contributed by atoms with Crippen molar-refractivity contribution in [1.82, 2.24) is 10.6 Å². The number of amidine groups is 1. The second-order valence-electron chi connectivity index (χ2n) is 2.63. The Labute approximate surface area is 68.5 Å². The fourth-order valence-corrected chi connectivity index (χ4v) is 1.23. The summed E-state index contributed by atoms with van der Waals surface area (Å²) < 4.78 is 0. The van der Waals surface area contributed by atoms with Gasteiger partial charge in [-0.2, -0.15) is 0 Å². The van der Waals surface area contributed by atoms with Crippen molar-refractivity contribution >= 4 is 17.8 Å². The number of amides is 3. The van der Waals surface area contributed by atoms with Gasteiger partial charge < -0.3 is 0 Å². The molecule has 12 heavy (non-hydrogen) atoms. The number of allylic oxidation sites excluding steroid dienone is 1. The highest BCUT2D eigenvalue weighted by Crippen LogP contribution is 2.13. The zero-order valence-corrected chi connectivity index (χ0v) is 6.20. The summed E-state index contributed by atoms with van der Waals surface area (Å²) >= 11 is 0. The van der Waals surface area contributed by atoms with Gasteiger partial charge in [0.1, 0.15) is 5.84 Å². The van der Waals surface area contributed by atoms with Gasteiger partial charge in [0.25, 0.3) is 0 Å². The van der Waals surface area contributed by atoms with E-state index in [-0.39, 0.29) is 11.8 Å². The SMILES string of the molecule is O=C1NC(=O)C2CC=CN=C2N1. The average molecular weight is 165 g/mol. The number of nitrogens with one attached hydrogen (secondary N) is 2. The highest BCUT2D eigenvalue weighted by atomic mass is 16.2. The van der Waals surface area contributed by atoms with Crippen LogP contribution in [0.4, 0.5) is 4.79 Å². The second kappa shape index (κ2) is 2.44. The van der Waals surface area contributed by atoms with Crippen molar-refractivity contribution in [3.8, 4) is 0 Å². The zero-order valence-electron chi connectivity index (χ0n) is 6.20. The lowest BCUT2D eigenvalue weighted by Gasteiger charge is -2.24. The largest absolute Gasteiger partial charge is 0.326 e. The summed E-state index contributed by atoms with van der Waals surface area (Å²) in [6.45, 7) is 0. The Bertz CT molecular complexity index is 306. The quantitative estimate of drug-likeness (QED) is 0.520. The molecule has 0 aliphatic carbocycles. The first kappa shape index (κ1) is 7.02. The van der Waals surface area contributed by atoms with Crippen LogP contribution in [0.15, 0.2) is 17.3 Å². The lowest BCUT2D eigenvalue weighted by molar-refractivity contribution is -0.122. The Hall–Kier alpha value is -1.65. The van der Waals surface area contributed by atoms with Gasteiger partial charge in [0.2, 0.25) is 5.91 Å². The Kier molecular flexibility index (Phi) is 1.43. The van der Waals surface area contributed by atoms with E-state index in [1.807, 2.05) is 0 Å². The van der Waals surface area contributed by atoms with Gasteiger partial charge in [-0.25, -0.2) is 9.79 Å². The predicted molar refractivity (Wildman–Crippen MR) is 41.4 cm³/mol. The minimum atomic E-state index is -0.495. The van der Waals surface area contributed by atoms with Gasteiger partial charge in [0, 0.05) is 6.20 Å². The van der Waals surface area contributed by atoms with E-state index in [2.05, 4.69) is 15.6 Å². The molecule has 2 heterocycles. The number of imide groups is 1. The van der Waals surface area contributed by atoms with Crippen molar-refractivity contribution in [2.45, 2.75) is 6.42 Å². The minimum Gasteiger partial charge on any atom is -0.295 e. The maximum atomic E-state index is 11.2. The van der Waals surface area contributed by atoms with E-state index in [0.29, 0.717) is 12.3 Å². The molecule has 2 rings (SSSR count). The van der Waals surface area contributed by atoms with Crippen LogP contribution >= 0.6 is 0 Å². The van der Waals surface area contributed by atoms with E-state index >= 15 is 0 Å². The van der Waals surface area contributed by atoms with Crippen LogP contribution in [0.5, 0.6) is 0 Å². The fraction of sp³-hybridized carbons (Fsp3) is 0.286. The molecule has 2 aliphatic heterocycles. The van der Waals surface area contributed by atoms with Gasteiger partial charge in [-0.05, 0) is 6.42 Å². The molecule has 2 N–H and O–H groups in total. The molecule has 0 radical (unpaired) electrons. The number of hydrogen-bond donors (Lipinski definition) is 2. The van der Waals surface area contributed by atoms with Crippen LogP contribution in [-0.2, 0) is 4.79 Å². The van der Waals surface area contributed by atoms with Gasteiger partial charge in [-0.15, -0.1) is 0 Å². The van der Waals surface area contributed by atoms with E-state index < -0.39 is 6.03 Å². The molecule has 0 spiro atoms. The number of fused-ring (bicyclic) bond motifs is 1. The molecule has 5 nitrogen and oxygen atoms in total. The van der Waals surface area contributed by atoms with Crippen molar-refractivity contribution in [3.63, 3.8) is 0 Å². The van der Waals surface area contributed by atoms with Gasteiger partial charge in [-0.1, -0.05) is 6.08 Å². The normalized spacial score (nSPS) is 27.0. The second-order valence-corrected chi connectivity index (χ2v) is 2.63. The monoisotopic (exact) mass is 165 g/mol. The Morgan fingerprint density at radius 1 is 1.42 bits per heavy atom. The van der Waals surface area contributed by atoms with Gasteiger partial charge in [-0.3, -0.25) is 15.4 Å². The van der Waals surface area contributed by atoms with E-state index in [1.54, 1.807) is 12.3 Å². The molecular weight excluding hydrogens is 158 g/mol. The van der Waals surface area contributed by atoms with E-state index in [9.17, 15) is 9.59 Å². The molecular formula is C7H7N3O2. The number of carbonyl (C=O) groups is 2. The third kappa shape index (κ3) is 0.990. The standard InChI is InChI=1S/C7H7N3O2/c11-6-4-2-1-3-8-5(4)9-7(12)10-6/h1,3-4H,2H2,(H2,8,9,10,11,12). The Morgan fingerprint density at radius 3 is 3.08 bits per heavy atom.